The molecule has 2 aromatic carbocycles. The van der Waals surface area contributed by atoms with E-state index in [1.54, 1.807) is 25.2 Å². The number of hydrogen-bond acceptors (Lipinski definition) is 4. The first-order valence-electron chi connectivity index (χ1n) is 7.87. The molecule has 1 amide bonds. The Kier molecular flexibility index (Phi) is 6.37. The number of carbonyl (C=O) groups excluding carboxylic acids is 2. The Bertz CT molecular complexity index is 686. The minimum absolute atomic E-state index is 0.191. The highest BCUT2D eigenvalue weighted by molar-refractivity contribution is 5.96. The Hall–Kier alpha value is -2.82. The molecule has 2 aromatic rings. The maximum atomic E-state index is 12.0. The Morgan fingerprint density at radius 3 is 2.42 bits per heavy atom. The number of amides is 1. The van der Waals surface area contributed by atoms with E-state index >= 15 is 0 Å². The number of carbonyl (C=O) groups is 2. The molecule has 126 valence electrons. The van der Waals surface area contributed by atoms with Crippen molar-refractivity contribution in [2.45, 2.75) is 12.8 Å². The zero-order valence-electron chi connectivity index (χ0n) is 13.9. The number of rotatable bonds is 7. The van der Waals surface area contributed by atoms with Crippen LogP contribution in [0.25, 0.3) is 0 Å². The number of ether oxygens (including phenoxy) is 1. The molecular formula is C19H22N2O3. The van der Waals surface area contributed by atoms with Gasteiger partial charge in [0.2, 0.25) is 0 Å². The van der Waals surface area contributed by atoms with E-state index in [1.807, 2.05) is 43.3 Å². The van der Waals surface area contributed by atoms with E-state index in [1.165, 1.54) is 0 Å². The van der Waals surface area contributed by atoms with Crippen LogP contribution in [0.2, 0.25) is 0 Å². The number of esters is 1. The molecule has 0 radical (unpaired) electrons. The summed E-state index contributed by atoms with van der Waals surface area (Å²) in [5.74, 6) is -0.643. The normalized spacial score (nSPS) is 11.4. The molecule has 0 heterocycles. The van der Waals surface area contributed by atoms with Crippen molar-refractivity contribution >= 4 is 17.6 Å². The molecule has 24 heavy (non-hydrogen) atoms. The molecule has 5 heteroatoms. The minimum Gasteiger partial charge on any atom is -0.452 e. The fourth-order valence-electron chi connectivity index (χ4n) is 2.31. The molecule has 0 aromatic heterocycles. The molecule has 0 aliphatic rings. The van der Waals surface area contributed by atoms with E-state index in [0.717, 1.165) is 5.56 Å². The summed E-state index contributed by atoms with van der Waals surface area (Å²) < 4.78 is 5.08. The maximum Gasteiger partial charge on any atom is 0.340 e. The molecule has 2 N–H and O–H groups in total. The highest BCUT2D eigenvalue weighted by Gasteiger charge is 2.14. The molecule has 0 unspecified atom stereocenters. The smallest absolute Gasteiger partial charge is 0.340 e. The Labute approximate surface area is 142 Å². The Balaban J connectivity index is 1.80. The Morgan fingerprint density at radius 2 is 1.71 bits per heavy atom. The number of benzene rings is 2. The average molecular weight is 326 g/mol. The molecule has 0 bridgehead atoms. The molecule has 0 aliphatic carbocycles. The van der Waals surface area contributed by atoms with E-state index in [0.29, 0.717) is 17.8 Å². The van der Waals surface area contributed by atoms with Gasteiger partial charge in [0.15, 0.2) is 6.61 Å². The van der Waals surface area contributed by atoms with Crippen molar-refractivity contribution in [1.82, 2.24) is 5.32 Å². The van der Waals surface area contributed by atoms with Gasteiger partial charge in [-0.2, -0.15) is 0 Å². The van der Waals surface area contributed by atoms with E-state index in [2.05, 4.69) is 10.6 Å². The quantitative estimate of drug-likeness (QED) is 0.768. The summed E-state index contributed by atoms with van der Waals surface area (Å²) in [5.41, 5.74) is 2.23. The van der Waals surface area contributed by atoms with Crippen LogP contribution in [0.4, 0.5) is 5.69 Å². The van der Waals surface area contributed by atoms with Gasteiger partial charge in [-0.1, -0.05) is 49.4 Å². The van der Waals surface area contributed by atoms with Crippen LogP contribution < -0.4 is 10.6 Å². The average Bonchev–Trinajstić information content (AvgIpc) is 2.64. The predicted molar refractivity (Wildman–Crippen MR) is 94.1 cm³/mol. The summed E-state index contributed by atoms with van der Waals surface area (Å²) in [6, 6.07) is 16.9. The summed E-state index contributed by atoms with van der Waals surface area (Å²) in [6.45, 7) is 2.23. The number of para-hydroxylation sites is 1. The summed E-state index contributed by atoms with van der Waals surface area (Å²) >= 11 is 0. The van der Waals surface area contributed by atoms with Crippen LogP contribution in [0, 0.1) is 0 Å². The fraction of sp³-hybridized carbons (Fsp3) is 0.263. The highest BCUT2D eigenvalue weighted by atomic mass is 16.5. The third-order valence-corrected chi connectivity index (χ3v) is 3.72. The molecule has 2 rings (SSSR count). The number of anilines is 1. The Morgan fingerprint density at radius 1 is 1.04 bits per heavy atom. The van der Waals surface area contributed by atoms with E-state index in [4.69, 9.17) is 4.74 Å². The van der Waals surface area contributed by atoms with Crippen LogP contribution >= 0.6 is 0 Å². The monoisotopic (exact) mass is 326 g/mol. The molecular weight excluding hydrogens is 304 g/mol. The first-order chi connectivity index (χ1) is 11.6. The largest absolute Gasteiger partial charge is 0.452 e. The molecule has 0 spiro atoms. The lowest BCUT2D eigenvalue weighted by atomic mass is 10.0. The third-order valence-electron chi connectivity index (χ3n) is 3.72. The van der Waals surface area contributed by atoms with Gasteiger partial charge >= 0.3 is 5.97 Å². The van der Waals surface area contributed by atoms with Crippen molar-refractivity contribution in [1.29, 1.82) is 0 Å². The van der Waals surface area contributed by atoms with Gasteiger partial charge in [-0.05, 0) is 23.6 Å². The number of hydrogen-bond donors (Lipinski definition) is 2. The van der Waals surface area contributed by atoms with Gasteiger partial charge in [0.25, 0.3) is 5.91 Å². The summed E-state index contributed by atoms with van der Waals surface area (Å²) in [7, 11) is 1.73. The first-order valence-corrected chi connectivity index (χ1v) is 7.87. The van der Waals surface area contributed by atoms with Crippen molar-refractivity contribution in [3.05, 3.63) is 65.7 Å². The fourth-order valence-corrected chi connectivity index (χ4v) is 2.31. The second-order valence-electron chi connectivity index (χ2n) is 5.49. The summed E-state index contributed by atoms with van der Waals surface area (Å²) in [5, 5.41) is 5.71. The standard InChI is InChI=1S/C19H22N2O3/c1-14(15-8-4-3-5-9-15)12-21-18(22)13-24-19(23)16-10-6-7-11-17(16)20-2/h3-11,14,20H,12-13H2,1-2H3,(H,21,22)/t14-/m1/s1. The predicted octanol–water partition coefficient (Wildman–Crippen LogP) is 2.81. The molecule has 5 nitrogen and oxygen atoms in total. The topological polar surface area (TPSA) is 67.4 Å². The minimum atomic E-state index is -0.522. The lowest BCUT2D eigenvalue weighted by Gasteiger charge is -2.13. The highest BCUT2D eigenvalue weighted by Crippen LogP contribution is 2.15. The molecule has 0 fully saturated rings. The van der Waals surface area contributed by atoms with E-state index in [-0.39, 0.29) is 18.4 Å². The maximum absolute atomic E-state index is 12.0. The van der Waals surface area contributed by atoms with Crippen molar-refractivity contribution in [2.24, 2.45) is 0 Å². The van der Waals surface area contributed by atoms with Crippen LogP contribution in [0.1, 0.15) is 28.8 Å². The molecule has 0 saturated heterocycles. The first kappa shape index (κ1) is 17.5. The zero-order chi connectivity index (χ0) is 17.4. The van der Waals surface area contributed by atoms with Gasteiger partial charge < -0.3 is 15.4 Å². The van der Waals surface area contributed by atoms with E-state index in [9.17, 15) is 9.59 Å². The van der Waals surface area contributed by atoms with Crippen LogP contribution in [0.3, 0.4) is 0 Å². The van der Waals surface area contributed by atoms with Crippen LogP contribution in [0.15, 0.2) is 54.6 Å². The van der Waals surface area contributed by atoms with E-state index < -0.39 is 5.97 Å². The molecule has 0 saturated carbocycles. The number of nitrogens with one attached hydrogen (secondary N) is 2. The second kappa shape index (κ2) is 8.72. The lowest BCUT2D eigenvalue weighted by molar-refractivity contribution is -0.124. The van der Waals surface area contributed by atoms with Gasteiger partial charge in [-0.3, -0.25) is 4.79 Å². The van der Waals surface area contributed by atoms with Crippen molar-refractivity contribution in [3.8, 4) is 0 Å². The second-order valence-corrected chi connectivity index (χ2v) is 5.49. The molecule has 1 atom stereocenters. The summed E-state index contributed by atoms with van der Waals surface area (Å²) in [4.78, 5) is 23.9. The zero-order valence-corrected chi connectivity index (χ0v) is 13.9. The van der Waals surface area contributed by atoms with Gasteiger partial charge in [0.05, 0.1) is 5.56 Å². The lowest BCUT2D eigenvalue weighted by Crippen LogP contribution is -2.31. The van der Waals surface area contributed by atoms with Gasteiger partial charge in [0.1, 0.15) is 0 Å². The SMILES string of the molecule is CNc1ccccc1C(=O)OCC(=O)NC[C@@H](C)c1ccccc1. The van der Waals surface area contributed by atoms with Crippen molar-refractivity contribution in [2.75, 3.05) is 25.5 Å². The van der Waals surface area contributed by atoms with Crippen LogP contribution in [-0.2, 0) is 9.53 Å². The van der Waals surface area contributed by atoms with Gasteiger partial charge in [-0.15, -0.1) is 0 Å². The van der Waals surface area contributed by atoms with Crippen molar-refractivity contribution in [3.63, 3.8) is 0 Å². The van der Waals surface area contributed by atoms with Crippen molar-refractivity contribution < 1.29 is 14.3 Å². The van der Waals surface area contributed by atoms with Crippen LogP contribution in [0.5, 0.6) is 0 Å². The third kappa shape index (κ3) is 4.84. The summed E-state index contributed by atoms with van der Waals surface area (Å²) in [6.07, 6.45) is 0. The molecule has 0 aliphatic heterocycles. The van der Waals surface area contributed by atoms with Gasteiger partial charge in [0, 0.05) is 19.3 Å². The van der Waals surface area contributed by atoms with Crippen LogP contribution in [-0.4, -0.2) is 32.1 Å². The van der Waals surface area contributed by atoms with Gasteiger partial charge in [-0.25, -0.2) is 4.79 Å².